The van der Waals surface area contributed by atoms with E-state index in [4.69, 9.17) is 33.7 Å². The van der Waals surface area contributed by atoms with Crippen molar-refractivity contribution in [3.63, 3.8) is 0 Å². The SMILES string of the molecule is CCCOc1cc(Nc2ccc(Cl)c(Cl)c2)ccc1N. The summed E-state index contributed by atoms with van der Waals surface area (Å²) in [5.41, 5.74) is 8.23. The summed E-state index contributed by atoms with van der Waals surface area (Å²) in [7, 11) is 0. The highest BCUT2D eigenvalue weighted by Gasteiger charge is 2.04. The van der Waals surface area contributed by atoms with Crippen LogP contribution in [-0.4, -0.2) is 6.61 Å². The highest BCUT2D eigenvalue weighted by Crippen LogP contribution is 2.30. The van der Waals surface area contributed by atoms with Gasteiger partial charge in [-0.05, 0) is 36.8 Å². The molecule has 3 N–H and O–H groups in total. The average molecular weight is 311 g/mol. The molecule has 0 fully saturated rings. The summed E-state index contributed by atoms with van der Waals surface area (Å²) in [5, 5.41) is 4.28. The van der Waals surface area contributed by atoms with Crippen LogP contribution in [0.15, 0.2) is 36.4 Å². The molecule has 0 bridgehead atoms. The number of nitrogens with two attached hydrogens (primary N) is 1. The molecule has 0 unspecified atom stereocenters. The van der Waals surface area contributed by atoms with Gasteiger partial charge in [-0.1, -0.05) is 30.1 Å². The third-order valence-electron chi connectivity index (χ3n) is 2.68. The van der Waals surface area contributed by atoms with Gasteiger partial charge in [-0.3, -0.25) is 0 Å². The number of hydrogen-bond donors (Lipinski definition) is 2. The van der Waals surface area contributed by atoms with Crippen molar-refractivity contribution in [2.45, 2.75) is 13.3 Å². The Kier molecular flexibility index (Phi) is 4.99. The fourth-order valence-corrected chi connectivity index (χ4v) is 1.99. The van der Waals surface area contributed by atoms with Gasteiger partial charge in [0.05, 0.1) is 22.3 Å². The minimum atomic E-state index is 0.509. The average Bonchev–Trinajstić information content (AvgIpc) is 2.43. The van der Waals surface area contributed by atoms with Crippen LogP contribution in [0.3, 0.4) is 0 Å². The molecule has 0 atom stereocenters. The molecule has 0 saturated heterocycles. The molecule has 3 nitrogen and oxygen atoms in total. The fraction of sp³-hybridized carbons (Fsp3) is 0.200. The number of rotatable bonds is 5. The molecule has 0 aliphatic carbocycles. The van der Waals surface area contributed by atoms with Crippen LogP contribution in [0.25, 0.3) is 0 Å². The summed E-state index contributed by atoms with van der Waals surface area (Å²) in [6.07, 6.45) is 0.934. The van der Waals surface area contributed by atoms with E-state index < -0.39 is 0 Å². The first-order valence-electron chi connectivity index (χ1n) is 6.34. The summed E-state index contributed by atoms with van der Waals surface area (Å²) in [6, 6.07) is 10.9. The molecule has 0 heterocycles. The van der Waals surface area contributed by atoms with Crippen LogP contribution in [-0.2, 0) is 0 Å². The van der Waals surface area contributed by atoms with Crippen molar-refractivity contribution in [1.29, 1.82) is 0 Å². The molecular weight excluding hydrogens is 295 g/mol. The van der Waals surface area contributed by atoms with Crippen LogP contribution >= 0.6 is 23.2 Å². The molecule has 0 aromatic heterocycles. The lowest BCUT2D eigenvalue weighted by Gasteiger charge is -2.12. The Hall–Kier alpha value is -1.58. The number of hydrogen-bond acceptors (Lipinski definition) is 3. The molecule has 0 saturated carbocycles. The van der Waals surface area contributed by atoms with Crippen LogP contribution < -0.4 is 15.8 Å². The van der Waals surface area contributed by atoms with E-state index in [1.54, 1.807) is 12.1 Å². The van der Waals surface area contributed by atoms with Crippen molar-refractivity contribution < 1.29 is 4.74 Å². The number of nitrogens with one attached hydrogen (secondary N) is 1. The van der Waals surface area contributed by atoms with Crippen LogP contribution in [0.4, 0.5) is 17.1 Å². The third-order valence-corrected chi connectivity index (χ3v) is 3.42. The van der Waals surface area contributed by atoms with E-state index in [9.17, 15) is 0 Å². The smallest absolute Gasteiger partial charge is 0.144 e. The van der Waals surface area contributed by atoms with Gasteiger partial charge in [-0.2, -0.15) is 0 Å². The Morgan fingerprint density at radius 3 is 2.45 bits per heavy atom. The summed E-state index contributed by atoms with van der Waals surface area (Å²) >= 11 is 11.9. The summed E-state index contributed by atoms with van der Waals surface area (Å²) in [6.45, 7) is 2.69. The molecule has 0 amide bonds. The molecule has 0 radical (unpaired) electrons. The van der Waals surface area contributed by atoms with Crippen LogP contribution in [0.2, 0.25) is 10.0 Å². The predicted molar refractivity (Wildman–Crippen MR) is 86.4 cm³/mol. The van der Waals surface area contributed by atoms with Gasteiger partial charge in [0.2, 0.25) is 0 Å². The highest BCUT2D eigenvalue weighted by atomic mass is 35.5. The van der Waals surface area contributed by atoms with Crippen molar-refractivity contribution in [3.05, 3.63) is 46.4 Å². The van der Waals surface area contributed by atoms with Crippen molar-refractivity contribution in [2.24, 2.45) is 0 Å². The Labute approximate surface area is 128 Å². The van der Waals surface area contributed by atoms with E-state index in [1.165, 1.54) is 0 Å². The van der Waals surface area contributed by atoms with Gasteiger partial charge in [-0.25, -0.2) is 0 Å². The topological polar surface area (TPSA) is 47.3 Å². The zero-order valence-corrected chi connectivity index (χ0v) is 12.6. The molecule has 106 valence electrons. The van der Waals surface area contributed by atoms with Crippen molar-refractivity contribution in [1.82, 2.24) is 0 Å². The molecule has 2 aromatic carbocycles. The number of ether oxygens (including phenoxy) is 1. The van der Waals surface area contributed by atoms with Crippen LogP contribution in [0.5, 0.6) is 5.75 Å². The van der Waals surface area contributed by atoms with Gasteiger partial charge in [0.15, 0.2) is 0 Å². The standard InChI is InChI=1S/C15H16Cl2N2O/c1-2-7-20-15-9-11(4-6-14(15)18)19-10-3-5-12(16)13(17)8-10/h3-6,8-9,19H,2,7,18H2,1H3. The zero-order chi connectivity index (χ0) is 14.5. The maximum atomic E-state index is 5.99. The van der Waals surface area contributed by atoms with Crippen molar-refractivity contribution >= 4 is 40.3 Å². The Morgan fingerprint density at radius 2 is 1.75 bits per heavy atom. The molecule has 2 rings (SSSR count). The minimum absolute atomic E-state index is 0.509. The number of halogens is 2. The van der Waals surface area contributed by atoms with E-state index in [2.05, 4.69) is 5.32 Å². The first kappa shape index (κ1) is 14.8. The zero-order valence-electron chi connectivity index (χ0n) is 11.1. The van der Waals surface area contributed by atoms with Gasteiger partial charge < -0.3 is 15.8 Å². The van der Waals surface area contributed by atoms with E-state index in [-0.39, 0.29) is 0 Å². The third kappa shape index (κ3) is 3.71. The van der Waals surface area contributed by atoms with Gasteiger partial charge in [0.1, 0.15) is 5.75 Å². The molecule has 0 aliphatic heterocycles. The quantitative estimate of drug-likeness (QED) is 0.754. The van der Waals surface area contributed by atoms with Gasteiger partial charge in [0.25, 0.3) is 0 Å². The summed E-state index contributed by atoms with van der Waals surface area (Å²) in [5.74, 6) is 0.678. The molecule has 2 aromatic rings. The van der Waals surface area contributed by atoms with Crippen molar-refractivity contribution in [2.75, 3.05) is 17.7 Å². The second-order valence-electron chi connectivity index (χ2n) is 4.35. The lowest BCUT2D eigenvalue weighted by Crippen LogP contribution is -2.00. The van der Waals surface area contributed by atoms with Gasteiger partial charge >= 0.3 is 0 Å². The lowest BCUT2D eigenvalue weighted by atomic mass is 10.2. The van der Waals surface area contributed by atoms with E-state index in [0.717, 1.165) is 17.8 Å². The molecular formula is C15H16Cl2N2O. The molecule has 0 aliphatic rings. The second kappa shape index (κ2) is 6.73. The normalized spacial score (nSPS) is 10.3. The fourth-order valence-electron chi connectivity index (χ4n) is 1.69. The molecule has 20 heavy (non-hydrogen) atoms. The number of anilines is 3. The maximum Gasteiger partial charge on any atom is 0.144 e. The van der Waals surface area contributed by atoms with E-state index >= 15 is 0 Å². The monoisotopic (exact) mass is 310 g/mol. The first-order valence-corrected chi connectivity index (χ1v) is 7.10. The first-order chi connectivity index (χ1) is 9.60. The summed E-state index contributed by atoms with van der Waals surface area (Å²) in [4.78, 5) is 0. The second-order valence-corrected chi connectivity index (χ2v) is 5.17. The van der Waals surface area contributed by atoms with Crippen LogP contribution in [0, 0.1) is 0 Å². The Bertz CT molecular complexity index is 602. The van der Waals surface area contributed by atoms with Crippen LogP contribution in [0.1, 0.15) is 13.3 Å². The van der Waals surface area contributed by atoms with Crippen molar-refractivity contribution in [3.8, 4) is 5.75 Å². The molecule has 0 spiro atoms. The van der Waals surface area contributed by atoms with Gasteiger partial charge in [-0.15, -0.1) is 0 Å². The molecule has 5 heteroatoms. The van der Waals surface area contributed by atoms with E-state index in [0.29, 0.717) is 28.1 Å². The lowest BCUT2D eigenvalue weighted by molar-refractivity contribution is 0.319. The number of nitrogen functional groups attached to an aromatic ring is 1. The Balaban J connectivity index is 2.18. The van der Waals surface area contributed by atoms with E-state index in [1.807, 2.05) is 31.2 Å². The summed E-state index contributed by atoms with van der Waals surface area (Å²) < 4.78 is 5.59. The maximum absolute atomic E-state index is 5.99. The predicted octanol–water partition coefficient (Wildman–Crippen LogP) is 5.11. The Morgan fingerprint density at radius 1 is 1.05 bits per heavy atom. The minimum Gasteiger partial charge on any atom is -0.491 e. The highest BCUT2D eigenvalue weighted by molar-refractivity contribution is 6.42. The van der Waals surface area contributed by atoms with Gasteiger partial charge in [0, 0.05) is 17.4 Å². The largest absolute Gasteiger partial charge is 0.491 e. The number of benzene rings is 2.